The summed E-state index contributed by atoms with van der Waals surface area (Å²) < 4.78 is 11.3. The van der Waals surface area contributed by atoms with Gasteiger partial charge in [-0.2, -0.15) is 0 Å². The molecule has 1 atom stereocenters. The molecule has 0 spiro atoms. The highest BCUT2D eigenvalue weighted by atomic mass is 16.5. The van der Waals surface area contributed by atoms with E-state index < -0.39 is 5.60 Å². The molecule has 3 nitrogen and oxygen atoms in total. The first kappa shape index (κ1) is 14.7. The van der Waals surface area contributed by atoms with Crippen LogP contribution in [0.1, 0.15) is 59.3 Å². The van der Waals surface area contributed by atoms with E-state index in [1.165, 1.54) is 0 Å². The lowest BCUT2D eigenvalue weighted by atomic mass is 9.88. The maximum atomic E-state index is 12.3. The zero-order valence-corrected chi connectivity index (χ0v) is 11.5. The normalized spacial score (nSPS) is 20.8. The van der Waals surface area contributed by atoms with Crippen molar-refractivity contribution in [2.45, 2.75) is 71.0 Å². The smallest absolute Gasteiger partial charge is 0.164 e. The Morgan fingerprint density at radius 2 is 2.06 bits per heavy atom. The van der Waals surface area contributed by atoms with Gasteiger partial charge in [0.2, 0.25) is 0 Å². The fourth-order valence-corrected chi connectivity index (χ4v) is 2.60. The molecule has 100 valence electrons. The van der Waals surface area contributed by atoms with Gasteiger partial charge in [-0.15, -0.1) is 0 Å². The summed E-state index contributed by atoms with van der Waals surface area (Å²) in [6.07, 6.45) is 5.51. The van der Waals surface area contributed by atoms with Crippen LogP contribution < -0.4 is 0 Å². The van der Waals surface area contributed by atoms with Crippen molar-refractivity contribution in [3.63, 3.8) is 0 Å². The molecule has 1 unspecified atom stereocenters. The second kappa shape index (κ2) is 7.12. The largest absolute Gasteiger partial charge is 0.378 e. The van der Waals surface area contributed by atoms with Gasteiger partial charge in [-0.3, -0.25) is 4.79 Å². The molecule has 1 rings (SSSR count). The molecule has 0 aromatic rings. The van der Waals surface area contributed by atoms with Gasteiger partial charge in [-0.1, -0.05) is 13.8 Å². The lowest BCUT2D eigenvalue weighted by molar-refractivity contribution is -0.146. The van der Waals surface area contributed by atoms with Gasteiger partial charge in [-0.05, 0) is 39.0 Å². The van der Waals surface area contributed by atoms with E-state index in [1.54, 1.807) is 0 Å². The molecule has 0 aromatic heterocycles. The average molecular weight is 242 g/mol. The quantitative estimate of drug-likeness (QED) is 0.656. The minimum absolute atomic E-state index is 0.250. The highest BCUT2D eigenvalue weighted by molar-refractivity contribution is 5.87. The molecule has 0 aromatic carbocycles. The molecule has 3 heteroatoms. The number of carbonyl (C=O) groups excluding carboxylic acids is 1. The van der Waals surface area contributed by atoms with E-state index in [9.17, 15) is 4.79 Å². The lowest BCUT2D eigenvalue weighted by Gasteiger charge is -2.30. The minimum Gasteiger partial charge on any atom is -0.378 e. The Morgan fingerprint density at radius 3 is 2.53 bits per heavy atom. The topological polar surface area (TPSA) is 35.5 Å². The minimum atomic E-state index is -0.548. The Morgan fingerprint density at radius 1 is 1.35 bits per heavy atom. The fourth-order valence-electron chi connectivity index (χ4n) is 2.60. The van der Waals surface area contributed by atoms with Crippen LogP contribution >= 0.6 is 0 Å². The van der Waals surface area contributed by atoms with E-state index in [0.29, 0.717) is 19.1 Å². The number of rotatable bonds is 8. The van der Waals surface area contributed by atoms with E-state index in [0.717, 1.165) is 38.7 Å². The van der Waals surface area contributed by atoms with Crippen molar-refractivity contribution in [3.8, 4) is 0 Å². The van der Waals surface area contributed by atoms with Crippen LogP contribution in [-0.2, 0) is 14.3 Å². The average Bonchev–Trinajstić information content (AvgIpc) is 2.86. The molecule has 0 amide bonds. The molecule has 0 aliphatic carbocycles. The van der Waals surface area contributed by atoms with Crippen LogP contribution in [0.5, 0.6) is 0 Å². The van der Waals surface area contributed by atoms with Crippen LogP contribution in [0.25, 0.3) is 0 Å². The van der Waals surface area contributed by atoms with Gasteiger partial charge in [0.05, 0.1) is 6.10 Å². The zero-order valence-electron chi connectivity index (χ0n) is 11.5. The number of ketones is 1. The van der Waals surface area contributed by atoms with Crippen LogP contribution in [0.4, 0.5) is 0 Å². The first-order valence-corrected chi connectivity index (χ1v) is 6.97. The molecule has 1 aliphatic rings. The molecule has 17 heavy (non-hydrogen) atoms. The molecule has 1 heterocycles. The molecular weight excluding hydrogens is 216 g/mol. The van der Waals surface area contributed by atoms with Gasteiger partial charge in [-0.25, -0.2) is 0 Å². The van der Waals surface area contributed by atoms with Crippen molar-refractivity contribution in [1.29, 1.82) is 0 Å². The molecule has 0 N–H and O–H groups in total. The molecule has 0 saturated carbocycles. The summed E-state index contributed by atoms with van der Waals surface area (Å²) in [5.74, 6) is 0.250. The molecule has 0 radical (unpaired) electrons. The van der Waals surface area contributed by atoms with E-state index in [1.807, 2.05) is 20.8 Å². The van der Waals surface area contributed by atoms with Crippen molar-refractivity contribution in [1.82, 2.24) is 0 Å². The van der Waals surface area contributed by atoms with E-state index in [2.05, 4.69) is 0 Å². The third-order valence-corrected chi connectivity index (χ3v) is 3.79. The number of hydrogen-bond acceptors (Lipinski definition) is 3. The van der Waals surface area contributed by atoms with Crippen LogP contribution in [-0.4, -0.2) is 30.7 Å². The predicted octanol–water partition coefficient (Wildman–Crippen LogP) is 3.11. The van der Waals surface area contributed by atoms with Gasteiger partial charge in [0.15, 0.2) is 5.78 Å². The summed E-state index contributed by atoms with van der Waals surface area (Å²) in [5.41, 5.74) is -0.548. The van der Waals surface area contributed by atoms with Crippen molar-refractivity contribution in [2.75, 3.05) is 13.2 Å². The van der Waals surface area contributed by atoms with Crippen LogP contribution in [0.3, 0.4) is 0 Å². The lowest BCUT2D eigenvalue weighted by Crippen LogP contribution is -2.40. The SMILES string of the molecule is CCOC(CC)(CC)C(=O)CCC1CCCO1. The van der Waals surface area contributed by atoms with Crippen molar-refractivity contribution >= 4 is 5.78 Å². The van der Waals surface area contributed by atoms with E-state index >= 15 is 0 Å². The summed E-state index contributed by atoms with van der Waals surface area (Å²) in [7, 11) is 0. The standard InChI is InChI=1S/C14H26O3/c1-4-14(5-2,17-6-3)13(15)10-9-12-8-7-11-16-12/h12H,4-11H2,1-3H3. The van der Waals surface area contributed by atoms with Gasteiger partial charge in [0.25, 0.3) is 0 Å². The molecule has 0 bridgehead atoms. The number of Topliss-reactive ketones (excluding diaryl/α,β-unsaturated/α-hetero) is 1. The first-order chi connectivity index (χ1) is 8.18. The summed E-state index contributed by atoms with van der Waals surface area (Å²) in [6, 6.07) is 0. The van der Waals surface area contributed by atoms with Crippen molar-refractivity contribution in [2.24, 2.45) is 0 Å². The van der Waals surface area contributed by atoms with Gasteiger partial charge >= 0.3 is 0 Å². The highest BCUT2D eigenvalue weighted by Gasteiger charge is 2.35. The summed E-state index contributed by atoms with van der Waals surface area (Å²) >= 11 is 0. The van der Waals surface area contributed by atoms with Crippen LogP contribution in [0, 0.1) is 0 Å². The predicted molar refractivity (Wildman–Crippen MR) is 68.2 cm³/mol. The van der Waals surface area contributed by atoms with Gasteiger partial charge < -0.3 is 9.47 Å². The number of carbonyl (C=O) groups is 1. The Labute approximate surface area is 105 Å². The molecular formula is C14H26O3. The second-order valence-corrected chi connectivity index (χ2v) is 4.73. The van der Waals surface area contributed by atoms with Gasteiger partial charge in [0.1, 0.15) is 5.60 Å². The van der Waals surface area contributed by atoms with Crippen LogP contribution in [0.15, 0.2) is 0 Å². The Balaban J connectivity index is 2.46. The number of hydrogen-bond donors (Lipinski definition) is 0. The summed E-state index contributed by atoms with van der Waals surface area (Å²) in [6.45, 7) is 7.48. The maximum absolute atomic E-state index is 12.3. The maximum Gasteiger partial charge on any atom is 0.164 e. The van der Waals surface area contributed by atoms with Crippen LogP contribution in [0.2, 0.25) is 0 Å². The van der Waals surface area contributed by atoms with Crippen molar-refractivity contribution in [3.05, 3.63) is 0 Å². The Hall–Kier alpha value is -0.410. The highest BCUT2D eigenvalue weighted by Crippen LogP contribution is 2.26. The number of ether oxygens (including phenoxy) is 2. The summed E-state index contributed by atoms with van der Waals surface area (Å²) in [5, 5.41) is 0. The van der Waals surface area contributed by atoms with E-state index in [4.69, 9.17) is 9.47 Å². The Bertz CT molecular complexity index is 228. The molecule has 1 fully saturated rings. The van der Waals surface area contributed by atoms with Crippen molar-refractivity contribution < 1.29 is 14.3 Å². The monoisotopic (exact) mass is 242 g/mol. The third-order valence-electron chi connectivity index (χ3n) is 3.79. The van der Waals surface area contributed by atoms with E-state index in [-0.39, 0.29) is 5.78 Å². The summed E-state index contributed by atoms with van der Waals surface area (Å²) in [4.78, 5) is 12.3. The third kappa shape index (κ3) is 3.78. The van der Waals surface area contributed by atoms with Gasteiger partial charge in [0, 0.05) is 19.6 Å². The molecule has 1 saturated heterocycles. The second-order valence-electron chi connectivity index (χ2n) is 4.73. The molecule has 1 aliphatic heterocycles. The first-order valence-electron chi connectivity index (χ1n) is 6.97. The fraction of sp³-hybridized carbons (Fsp3) is 0.929. The zero-order chi connectivity index (χ0) is 12.7. The Kier molecular flexibility index (Phi) is 6.14.